The number of amides is 1. The molecule has 0 bridgehead atoms. The zero-order chi connectivity index (χ0) is 19.7. The number of benzene rings is 2. The van der Waals surface area contributed by atoms with Gasteiger partial charge in [0.2, 0.25) is 0 Å². The lowest BCUT2D eigenvalue weighted by molar-refractivity contribution is -0.118. The topological polar surface area (TPSA) is 86.1 Å². The van der Waals surface area contributed by atoms with Gasteiger partial charge in [-0.25, -0.2) is 0 Å². The molecule has 0 saturated carbocycles. The highest BCUT2D eigenvalue weighted by Crippen LogP contribution is 2.29. The van der Waals surface area contributed by atoms with E-state index in [4.69, 9.17) is 4.74 Å². The summed E-state index contributed by atoms with van der Waals surface area (Å²) >= 11 is 1.33. The van der Waals surface area contributed by atoms with Crippen LogP contribution in [0.5, 0.6) is 5.75 Å². The molecule has 0 saturated heterocycles. The molecular formula is C20H18N4O3S. The highest BCUT2D eigenvalue weighted by atomic mass is 32.2. The molecule has 1 aliphatic rings. The van der Waals surface area contributed by atoms with Crippen LogP contribution in [0, 0.1) is 13.8 Å². The first-order chi connectivity index (χ1) is 13.5. The third-order valence-corrected chi connectivity index (χ3v) is 5.25. The van der Waals surface area contributed by atoms with Crippen LogP contribution < -0.4 is 10.1 Å². The van der Waals surface area contributed by atoms with E-state index in [2.05, 4.69) is 21.6 Å². The van der Waals surface area contributed by atoms with E-state index in [0.29, 0.717) is 22.2 Å². The van der Waals surface area contributed by atoms with E-state index in [-0.39, 0.29) is 24.1 Å². The van der Waals surface area contributed by atoms with E-state index in [1.807, 2.05) is 36.6 Å². The number of aromatic nitrogens is 3. The lowest BCUT2D eigenvalue weighted by Gasteiger charge is -2.18. The van der Waals surface area contributed by atoms with E-state index in [1.54, 1.807) is 18.2 Å². The quantitative estimate of drug-likeness (QED) is 0.528. The molecule has 0 fully saturated rings. The highest BCUT2D eigenvalue weighted by molar-refractivity contribution is 7.99. The molecule has 1 N–H and O–H groups in total. The number of fused-ring (bicyclic) bond motifs is 1. The number of aryl methyl sites for hydroxylation is 2. The van der Waals surface area contributed by atoms with Crippen LogP contribution >= 0.6 is 11.8 Å². The van der Waals surface area contributed by atoms with Crippen molar-refractivity contribution >= 4 is 29.1 Å². The van der Waals surface area contributed by atoms with Crippen molar-refractivity contribution in [2.24, 2.45) is 0 Å². The Morgan fingerprint density at radius 2 is 2.07 bits per heavy atom. The molecule has 1 aromatic heterocycles. The Kier molecular flexibility index (Phi) is 4.87. The van der Waals surface area contributed by atoms with Gasteiger partial charge in [-0.05, 0) is 49.7 Å². The van der Waals surface area contributed by atoms with E-state index in [0.717, 1.165) is 17.1 Å². The second kappa shape index (κ2) is 7.47. The van der Waals surface area contributed by atoms with Crippen LogP contribution in [0.3, 0.4) is 0 Å². The number of carbonyl (C=O) groups is 2. The second-order valence-electron chi connectivity index (χ2n) is 6.46. The number of nitrogens with zero attached hydrogens (tertiary/aromatic N) is 3. The smallest absolute Gasteiger partial charge is 0.262 e. The van der Waals surface area contributed by atoms with Gasteiger partial charge >= 0.3 is 0 Å². The summed E-state index contributed by atoms with van der Waals surface area (Å²) in [7, 11) is 0. The first-order valence-corrected chi connectivity index (χ1v) is 9.71. The second-order valence-corrected chi connectivity index (χ2v) is 7.41. The number of hydrogen-bond acceptors (Lipinski definition) is 6. The molecular weight excluding hydrogens is 376 g/mol. The fraction of sp³-hybridized carbons (Fsp3) is 0.200. The number of ether oxygens (including phenoxy) is 1. The van der Waals surface area contributed by atoms with Gasteiger partial charge in [0.1, 0.15) is 11.6 Å². The van der Waals surface area contributed by atoms with Crippen LogP contribution in [0.25, 0.3) is 5.69 Å². The van der Waals surface area contributed by atoms with Gasteiger partial charge in [0.05, 0.1) is 11.4 Å². The molecule has 0 spiro atoms. The Bertz CT molecular complexity index is 1080. The third-order valence-electron chi connectivity index (χ3n) is 4.32. The molecule has 28 heavy (non-hydrogen) atoms. The lowest BCUT2D eigenvalue weighted by Crippen LogP contribution is -2.25. The monoisotopic (exact) mass is 394 g/mol. The average molecular weight is 394 g/mol. The first-order valence-electron chi connectivity index (χ1n) is 8.73. The molecule has 0 aliphatic carbocycles. The van der Waals surface area contributed by atoms with Crippen LogP contribution in [0.4, 0.5) is 5.69 Å². The zero-order valence-electron chi connectivity index (χ0n) is 15.4. The molecule has 1 amide bonds. The number of carbonyl (C=O) groups excluding carboxylic acids is 2. The largest absolute Gasteiger partial charge is 0.482 e. The fourth-order valence-electron chi connectivity index (χ4n) is 2.97. The Hall–Kier alpha value is -3.13. The minimum absolute atomic E-state index is 0.00981. The number of ketones is 1. The van der Waals surface area contributed by atoms with Crippen molar-refractivity contribution in [3.63, 3.8) is 0 Å². The maximum atomic E-state index is 12.7. The summed E-state index contributed by atoms with van der Waals surface area (Å²) in [6, 6.07) is 13.1. The average Bonchev–Trinajstić information content (AvgIpc) is 3.06. The summed E-state index contributed by atoms with van der Waals surface area (Å²) in [6.07, 6.45) is 0. The summed E-state index contributed by atoms with van der Waals surface area (Å²) in [4.78, 5) is 24.1. The van der Waals surface area contributed by atoms with Gasteiger partial charge in [0, 0.05) is 11.3 Å². The Labute approximate surface area is 166 Å². The van der Waals surface area contributed by atoms with Gasteiger partial charge in [-0.3, -0.25) is 14.2 Å². The van der Waals surface area contributed by atoms with Gasteiger partial charge in [0.25, 0.3) is 5.91 Å². The van der Waals surface area contributed by atoms with Gasteiger partial charge in [-0.2, -0.15) is 0 Å². The van der Waals surface area contributed by atoms with Crippen molar-refractivity contribution in [1.29, 1.82) is 0 Å². The van der Waals surface area contributed by atoms with Crippen LogP contribution in [-0.2, 0) is 4.79 Å². The SMILES string of the molecule is Cc1cccc(-n2c(C)nnc2SCC(=O)c2ccc3c(c2)NC(=O)CO3)c1. The summed E-state index contributed by atoms with van der Waals surface area (Å²) in [5.74, 6) is 1.24. The van der Waals surface area contributed by atoms with Crippen LogP contribution in [0.2, 0.25) is 0 Å². The van der Waals surface area contributed by atoms with Crippen molar-refractivity contribution in [2.75, 3.05) is 17.7 Å². The van der Waals surface area contributed by atoms with Crippen molar-refractivity contribution in [2.45, 2.75) is 19.0 Å². The number of anilines is 1. The summed E-state index contributed by atoms with van der Waals surface area (Å²) < 4.78 is 7.26. The third kappa shape index (κ3) is 3.63. The first kappa shape index (κ1) is 18.2. The maximum absolute atomic E-state index is 12.7. The number of hydrogen-bond donors (Lipinski definition) is 1. The van der Waals surface area contributed by atoms with Gasteiger partial charge in [-0.1, -0.05) is 23.9 Å². The van der Waals surface area contributed by atoms with Crippen molar-refractivity contribution in [1.82, 2.24) is 14.8 Å². The number of rotatable bonds is 5. The Morgan fingerprint density at radius 1 is 1.21 bits per heavy atom. The van der Waals surface area contributed by atoms with Crippen LogP contribution in [0.15, 0.2) is 47.6 Å². The maximum Gasteiger partial charge on any atom is 0.262 e. The molecule has 3 aromatic rings. The molecule has 2 aromatic carbocycles. The number of Topliss-reactive ketones (excluding diaryl/α,β-unsaturated/α-hetero) is 1. The molecule has 1 aliphatic heterocycles. The molecule has 8 heteroatoms. The molecule has 0 unspecified atom stereocenters. The van der Waals surface area contributed by atoms with Crippen LogP contribution in [-0.4, -0.2) is 38.8 Å². The van der Waals surface area contributed by atoms with Crippen LogP contribution in [0.1, 0.15) is 21.7 Å². The minimum atomic E-state index is -0.229. The van der Waals surface area contributed by atoms with Crippen molar-refractivity contribution in [3.8, 4) is 11.4 Å². The van der Waals surface area contributed by atoms with Crippen molar-refractivity contribution in [3.05, 3.63) is 59.4 Å². The number of nitrogens with one attached hydrogen (secondary N) is 1. The minimum Gasteiger partial charge on any atom is -0.482 e. The van der Waals surface area contributed by atoms with Crippen molar-refractivity contribution < 1.29 is 14.3 Å². The van der Waals surface area contributed by atoms with Gasteiger partial charge in [-0.15, -0.1) is 10.2 Å². The Balaban J connectivity index is 1.52. The normalized spacial score (nSPS) is 12.9. The predicted molar refractivity (Wildman–Crippen MR) is 106 cm³/mol. The predicted octanol–water partition coefficient (Wildman–Crippen LogP) is 3.19. The lowest BCUT2D eigenvalue weighted by atomic mass is 10.1. The molecule has 0 atom stereocenters. The summed E-state index contributed by atoms with van der Waals surface area (Å²) in [5.41, 5.74) is 3.13. The van der Waals surface area contributed by atoms with E-state index in [9.17, 15) is 9.59 Å². The van der Waals surface area contributed by atoms with Gasteiger partial charge < -0.3 is 10.1 Å². The molecule has 142 valence electrons. The van der Waals surface area contributed by atoms with E-state index < -0.39 is 0 Å². The zero-order valence-corrected chi connectivity index (χ0v) is 16.2. The van der Waals surface area contributed by atoms with Gasteiger partial charge in [0.15, 0.2) is 17.5 Å². The molecule has 2 heterocycles. The van der Waals surface area contributed by atoms with E-state index in [1.165, 1.54) is 11.8 Å². The summed E-state index contributed by atoms with van der Waals surface area (Å²) in [5, 5.41) is 11.7. The highest BCUT2D eigenvalue weighted by Gasteiger charge is 2.19. The number of thioether (sulfide) groups is 1. The molecule has 0 radical (unpaired) electrons. The molecule has 4 rings (SSSR count). The Morgan fingerprint density at radius 3 is 2.89 bits per heavy atom. The fourth-order valence-corrected chi connectivity index (χ4v) is 3.86. The standard InChI is InChI=1S/C20H18N4O3S/c1-12-4-3-5-15(8-12)24-13(2)22-23-20(24)28-11-17(25)14-6-7-18-16(9-14)21-19(26)10-27-18/h3-9H,10-11H2,1-2H3,(H,21,26). The molecule has 7 nitrogen and oxygen atoms in total. The summed E-state index contributed by atoms with van der Waals surface area (Å²) in [6.45, 7) is 3.90. The van der Waals surface area contributed by atoms with E-state index >= 15 is 0 Å².